The summed E-state index contributed by atoms with van der Waals surface area (Å²) < 4.78 is 111. The maximum atomic E-state index is 13.5. The van der Waals surface area contributed by atoms with E-state index in [0.717, 1.165) is 29.3 Å². The van der Waals surface area contributed by atoms with Gasteiger partial charge in [0.15, 0.2) is 27.2 Å². The van der Waals surface area contributed by atoms with E-state index in [-0.39, 0.29) is 39.1 Å². The minimum atomic E-state index is -4.84. The van der Waals surface area contributed by atoms with Crippen molar-refractivity contribution in [2.24, 2.45) is 0 Å². The summed E-state index contributed by atoms with van der Waals surface area (Å²) in [5.74, 6) is 0.161. The summed E-state index contributed by atoms with van der Waals surface area (Å²) in [7, 11) is -3.56. The van der Waals surface area contributed by atoms with Crippen LogP contribution in [0.3, 0.4) is 0 Å². The molecular weight excluding hydrogens is 608 g/mol. The first-order valence-electron chi connectivity index (χ1n) is 11.9. The third-order valence-electron chi connectivity index (χ3n) is 6.24. The largest absolute Gasteiger partial charge is 0.440 e. The lowest BCUT2D eigenvalue weighted by molar-refractivity contribution is -0.141. The zero-order valence-electron chi connectivity index (χ0n) is 21.5. The summed E-state index contributed by atoms with van der Waals surface area (Å²) in [6, 6.07) is 14.7. The van der Waals surface area contributed by atoms with E-state index in [2.05, 4.69) is 10.1 Å². The van der Waals surface area contributed by atoms with Crippen LogP contribution in [0.5, 0.6) is 0 Å². The average molecular weight is 626 g/mol. The maximum absolute atomic E-state index is 13.5. The smallest absolute Gasteiger partial charge is 0.436 e. The van der Waals surface area contributed by atoms with Gasteiger partial charge in [0, 0.05) is 24.3 Å². The molecular formula is C28H18ClF6N3O3S. The number of aromatic nitrogens is 3. The molecule has 6 nitrogen and oxygen atoms in total. The van der Waals surface area contributed by atoms with Gasteiger partial charge in [0.2, 0.25) is 0 Å². The van der Waals surface area contributed by atoms with Gasteiger partial charge >= 0.3 is 12.4 Å². The lowest BCUT2D eigenvalue weighted by atomic mass is 9.98. The van der Waals surface area contributed by atoms with Crippen LogP contribution >= 0.6 is 11.6 Å². The molecule has 0 unspecified atom stereocenters. The van der Waals surface area contributed by atoms with Gasteiger partial charge in [-0.1, -0.05) is 41.9 Å². The SMILES string of the molecule is Cc1nc(-c2ccc(C(F)(F)F)cc2)c(-c2cc(-c3cccc(S(C)(=O)=O)c3)ccc2-n2cc(Cl)c(C(F)(F)F)n2)o1. The van der Waals surface area contributed by atoms with E-state index in [9.17, 15) is 34.8 Å². The number of benzene rings is 3. The summed E-state index contributed by atoms with van der Waals surface area (Å²) in [6.07, 6.45) is -7.40. The minimum absolute atomic E-state index is 0.0311. The number of hydrogen-bond acceptors (Lipinski definition) is 5. The molecule has 42 heavy (non-hydrogen) atoms. The molecule has 2 aromatic heterocycles. The molecule has 0 saturated heterocycles. The Morgan fingerprint density at radius 3 is 2.10 bits per heavy atom. The molecule has 0 saturated carbocycles. The molecule has 5 rings (SSSR count). The fourth-order valence-corrected chi connectivity index (χ4v) is 5.20. The van der Waals surface area contributed by atoms with E-state index >= 15 is 0 Å². The Kier molecular flexibility index (Phi) is 7.22. The van der Waals surface area contributed by atoms with Gasteiger partial charge in [-0.25, -0.2) is 18.1 Å². The molecule has 2 heterocycles. The molecule has 0 aliphatic carbocycles. The highest BCUT2D eigenvalue weighted by Gasteiger charge is 2.37. The Morgan fingerprint density at radius 1 is 0.857 bits per heavy atom. The summed E-state index contributed by atoms with van der Waals surface area (Å²) in [6.45, 7) is 1.50. The third-order valence-corrected chi connectivity index (χ3v) is 7.63. The van der Waals surface area contributed by atoms with Crippen LogP contribution in [0.4, 0.5) is 26.3 Å². The van der Waals surface area contributed by atoms with Crippen LogP contribution < -0.4 is 0 Å². The van der Waals surface area contributed by atoms with Crippen molar-refractivity contribution < 1.29 is 39.2 Å². The highest BCUT2D eigenvalue weighted by atomic mass is 35.5. The summed E-state index contributed by atoms with van der Waals surface area (Å²) in [5, 5.41) is 2.97. The van der Waals surface area contributed by atoms with E-state index < -0.39 is 38.5 Å². The molecule has 218 valence electrons. The topological polar surface area (TPSA) is 78.0 Å². The van der Waals surface area contributed by atoms with Crippen molar-refractivity contribution in [1.29, 1.82) is 0 Å². The predicted octanol–water partition coefficient (Wildman–Crippen LogP) is 8.26. The van der Waals surface area contributed by atoms with Crippen LogP contribution in [-0.2, 0) is 22.2 Å². The molecule has 3 aromatic carbocycles. The Bertz CT molecular complexity index is 1910. The zero-order chi connectivity index (χ0) is 30.6. The molecule has 0 atom stereocenters. The molecule has 0 bridgehead atoms. The van der Waals surface area contributed by atoms with Crippen LogP contribution in [0.1, 0.15) is 17.1 Å². The number of alkyl halides is 6. The standard InChI is InChI=1S/C28H18ClF6N3O3S/c1-15-36-24(16-6-9-19(10-7-16)27(30,31)32)25(41-15)21-13-18(17-4-3-5-20(12-17)42(2,39)40)8-11-23(21)38-14-22(29)26(37-38)28(33,34)35/h3-14H,1-2H3. The van der Waals surface area contributed by atoms with E-state index in [1.54, 1.807) is 12.1 Å². The van der Waals surface area contributed by atoms with Crippen molar-refractivity contribution >= 4 is 21.4 Å². The van der Waals surface area contributed by atoms with Gasteiger partial charge in [0.25, 0.3) is 0 Å². The minimum Gasteiger partial charge on any atom is -0.440 e. The Balaban J connectivity index is 1.74. The lowest BCUT2D eigenvalue weighted by Crippen LogP contribution is -2.08. The zero-order valence-corrected chi connectivity index (χ0v) is 23.1. The first-order chi connectivity index (χ1) is 19.5. The predicted molar refractivity (Wildman–Crippen MR) is 143 cm³/mol. The summed E-state index contributed by atoms with van der Waals surface area (Å²) >= 11 is 5.86. The lowest BCUT2D eigenvalue weighted by Gasteiger charge is -2.13. The van der Waals surface area contributed by atoms with Crippen molar-refractivity contribution in [3.8, 4) is 39.4 Å². The van der Waals surface area contributed by atoms with Crippen molar-refractivity contribution in [3.05, 3.63) is 95.1 Å². The van der Waals surface area contributed by atoms with Gasteiger partial charge in [-0.05, 0) is 47.5 Å². The molecule has 0 spiro atoms. The molecule has 5 aromatic rings. The molecule has 14 heteroatoms. The summed E-state index contributed by atoms with van der Waals surface area (Å²) in [5.41, 5.74) is -0.656. The Labute approximate surface area is 240 Å². The second-order valence-electron chi connectivity index (χ2n) is 9.29. The van der Waals surface area contributed by atoms with Crippen molar-refractivity contribution in [2.45, 2.75) is 24.2 Å². The van der Waals surface area contributed by atoms with E-state index in [1.165, 1.54) is 49.4 Å². The number of halogens is 7. The summed E-state index contributed by atoms with van der Waals surface area (Å²) in [4.78, 5) is 4.37. The van der Waals surface area contributed by atoms with Gasteiger partial charge < -0.3 is 4.42 Å². The third kappa shape index (κ3) is 5.79. The van der Waals surface area contributed by atoms with E-state index in [4.69, 9.17) is 16.0 Å². The van der Waals surface area contributed by atoms with Gasteiger partial charge in [-0.15, -0.1) is 0 Å². The van der Waals surface area contributed by atoms with E-state index in [1.807, 2.05) is 0 Å². The molecule has 0 radical (unpaired) electrons. The molecule has 0 aliphatic heterocycles. The molecule has 0 N–H and O–H groups in total. The molecule has 0 fully saturated rings. The first-order valence-corrected chi connectivity index (χ1v) is 14.2. The van der Waals surface area contributed by atoms with Gasteiger partial charge in [-0.2, -0.15) is 31.4 Å². The Morgan fingerprint density at radius 2 is 1.50 bits per heavy atom. The van der Waals surface area contributed by atoms with Crippen molar-refractivity contribution in [3.63, 3.8) is 0 Å². The normalized spacial score (nSPS) is 12.6. The van der Waals surface area contributed by atoms with Gasteiger partial charge in [-0.3, -0.25) is 0 Å². The second kappa shape index (κ2) is 10.3. The Hall–Kier alpha value is -4.10. The monoisotopic (exact) mass is 625 g/mol. The number of rotatable bonds is 5. The molecule has 0 aliphatic rings. The van der Waals surface area contributed by atoms with Crippen molar-refractivity contribution in [2.75, 3.05) is 6.26 Å². The number of aryl methyl sites for hydroxylation is 1. The van der Waals surface area contributed by atoms with Crippen LogP contribution in [0, 0.1) is 6.92 Å². The van der Waals surface area contributed by atoms with Crippen LogP contribution in [0.25, 0.3) is 39.4 Å². The fraction of sp³-hybridized carbons (Fsp3) is 0.143. The number of hydrogen-bond donors (Lipinski definition) is 0. The van der Waals surface area contributed by atoms with Gasteiger partial charge in [0.05, 0.1) is 27.4 Å². The van der Waals surface area contributed by atoms with E-state index in [0.29, 0.717) is 11.1 Å². The highest BCUT2D eigenvalue weighted by Crippen LogP contribution is 2.41. The van der Waals surface area contributed by atoms with Crippen molar-refractivity contribution in [1.82, 2.24) is 14.8 Å². The quantitative estimate of drug-likeness (QED) is 0.184. The number of sulfone groups is 1. The van der Waals surface area contributed by atoms with Crippen LogP contribution in [-0.4, -0.2) is 29.4 Å². The average Bonchev–Trinajstić information content (AvgIpc) is 3.50. The first kappa shape index (κ1) is 29.4. The van der Waals surface area contributed by atoms with Gasteiger partial charge in [0.1, 0.15) is 5.69 Å². The highest BCUT2D eigenvalue weighted by molar-refractivity contribution is 7.90. The molecule has 0 amide bonds. The fourth-order valence-electron chi connectivity index (χ4n) is 4.29. The maximum Gasteiger partial charge on any atom is 0.436 e. The van der Waals surface area contributed by atoms with Crippen LogP contribution in [0.15, 0.2) is 82.2 Å². The number of nitrogens with zero attached hydrogens (tertiary/aromatic N) is 3. The second-order valence-corrected chi connectivity index (χ2v) is 11.7. The number of oxazole rings is 1. The van der Waals surface area contributed by atoms with Crippen LogP contribution in [0.2, 0.25) is 5.02 Å².